The summed E-state index contributed by atoms with van der Waals surface area (Å²) in [6, 6.07) is 4.88. The third-order valence-corrected chi connectivity index (χ3v) is 6.98. The second-order valence-electron chi connectivity index (χ2n) is 10.4. The minimum atomic E-state index is -0.748. The van der Waals surface area contributed by atoms with Crippen LogP contribution in [0, 0.1) is 19.8 Å². The fourth-order valence-electron chi connectivity index (χ4n) is 4.81. The van der Waals surface area contributed by atoms with Crippen molar-refractivity contribution in [1.82, 2.24) is 30.2 Å². The summed E-state index contributed by atoms with van der Waals surface area (Å²) in [5, 5.41) is 9.65. The molecule has 0 spiro atoms. The van der Waals surface area contributed by atoms with Crippen molar-refractivity contribution in [3.05, 3.63) is 47.6 Å². The number of methoxy groups -OCH3 is 1. The average Bonchev–Trinajstić information content (AvgIpc) is 3.55. The molecule has 1 aliphatic heterocycles. The van der Waals surface area contributed by atoms with Crippen molar-refractivity contribution in [2.45, 2.75) is 53.1 Å². The lowest BCUT2D eigenvalue weighted by molar-refractivity contribution is -0.130. The summed E-state index contributed by atoms with van der Waals surface area (Å²) in [6.07, 6.45) is 4.72. The average molecular weight is 567 g/mol. The van der Waals surface area contributed by atoms with Gasteiger partial charge in [-0.15, -0.1) is 0 Å². The fourth-order valence-corrected chi connectivity index (χ4v) is 4.81. The van der Waals surface area contributed by atoms with E-state index in [0.29, 0.717) is 54.4 Å². The standard InChI is InChI=1S/C29H38N6O6/c1-18(2)26-28(37)31-10-6-12-34-14-11-30-27(34)21-8-9-22(39-5)23(16-21)40-15-7-13-35(17-24(36)32-26)29(38)25-19(3)33-41-20(25)4/h8-9,11,14,16,18,26H,6-7,10,12-13,15,17H2,1-5H3,(H,31,37)(H,32,36)/t26-/m1/s1. The molecule has 0 saturated heterocycles. The Balaban J connectivity index is 1.62. The van der Waals surface area contributed by atoms with E-state index in [2.05, 4.69) is 20.8 Å². The van der Waals surface area contributed by atoms with Gasteiger partial charge in [-0.05, 0) is 50.8 Å². The molecular formula is C29H38N6O6. The molecule has 0 unspecified atom stereocenters. The van der Waals surface area contributed by atoms with Crippen LogP contribution in [0.25, 0.3) is 11.4 Å². The van der Waals surface area contributed by atoms with E-state index in [0.717, 1.165) is 11.4 Å². The van der Waals surface area contributed by atoms with Crippen LogP contribution in [0.1, 0.15) is 48.5 Å². The van der Waals surface area contributed by atoms with Gasteiger partial charge in [0.2, 0.25) is 11.8 Å². The van der Waals surface area contributed by atoms with Gasteiger partial charge in [-0.1, -0.05) is 19.0 Å². The van der Waals surface area contributed by atoms with Crippen LogP contribution in [0.4, 0.5) is 0 Å². The van der Waals surface area contributed by atoms with Gasteiger partial charge in [0.15, 0.2) is 11.5 Å². The van der Waals surface area contributed by atoms with Crippen LogP contribution in [0.15, 0.2) is 35.1 Å². The van der Waals surface area contributed by atoms with Gasteiger partial charge < -0.3 is 34.1 Å². The molecule has 3 aromatic rings. The van der Waals surface area contributed by atoms with E-state index >= 15 is 0 Å². The van der Waals surface area contributed by atoms with Crippen molar-refractivity contribution in [1.29, 1.82) is 0 Å². The molecule has 220 valence electrons. The monoisotopic (exact) mass is 566 g/mol. The molecule has 4 rings (SSSR count). The Hall–Kier alpha value is -4.35. The number of ether oxygens (including phenoxy) is 2. The van der Waals surface area contributed by atoms with Gasteiger partial charge in [0, 0.05) is 37.6 Å². The zero-order valence-electron chi connectivity index (χ0n) is 24.2. The molecule has 3 heterocycles. The Morgan fingerprint density at radius 1 is 1.17 bits per heavy atom. The Labute approximate surface area is 239 Å². The first kappa shape index (κ1) is 29.6. The van der Waals surface area contributed by atoms with Crippen LogP contribution in [0.2, 0.25) is 0 Å². The molecule has 2 N–H and O–H groups in total. The maximum atomic E-state index is 13.5. The number of rotatable bonds is 3. The highest BCUT2D eigenvalue weighted by atomic mass is 16.5. The third-order valence-electron chi connectivity index (χ3n) is 6.98. The number of aryl methyl sites for hydroxylation is 3. The molecular weight excluding hydrogens is 528 g/mol. The summed E-state index contributed by atoms with van der Waals surface area (Å²) < 4.78 is 18.8. The summed E-state index contributed by atoms with van der Waals surface area (Å²) in [5.41, 5.74) is 1.62. The van der Waals surface area contributed by atoms with E-state index in [4.69, 9.17) is 14.0 Å². The van der Waals surface area contributed by atoms with E-state index in [1.54, 1.807) is 27.2 Å². The van der Waals surface area contributed by atoms with Crippen LogP contribution in [0.3, 0.4) is 0 Å². The molecule has 1 aliphatic rings. The van der Waals surface area contributed by atoms with Crippen molar-refractivity contribution in [2.24, 2.45) is 5.92 Å². The molecule has 0 fully saturated rings. The Bertz CT molecular complexity index is 1360. The zero-order chi connectivity index (χ0) is 29.5. The molecule has 0 saturated carbocycles. The first-order valence-electron chi connectivity index (χ1n) is 13.8. The normalized spacial score (nSPS) is 17.4. The molecule has 3 amide bonds. The Morgan fingerprint density at radius 2 is 1.98 bits per heavy atom. The maximum absolute atomic E-state index is 13.5. The number of aromatic nitrogens is 3. The van der Waals surface area contributed by atoms with Gasteiger partial charge >= 0.3 is 0 Å². The first-order valence-corrected chi connectivity index (χ1v) is 13.8. The lowest BCUT2D eigenvalue weighted by Crippen LogP contribution is -2.52. The highest BCUT2D eigenvalue weighted by Crippen LogP contribution is 2.32. The lowest BCUT2D eigenvalue weighted by atomic mass is 10.0. The minimum absolute atomic E-state index is 0.158. The molecule has 2 aromatic heterocycles. The van der Waals surface area contributed by atoms with E-state index < -0.39 is 11.9 Å². The Kier molecular flexibility index (Phi) is 9.64. The molecule has 2 bridgehead atoms. The molecule has 1 atom stereocenters. The van der Waals surface area contributed by atoms with Crippen LogP contribution in [0.5, 0.6) is 11.5 Å². The number of benzene rings is 1. The highest BCUT2D eigenvalue weighted by Gasteiger charge is 2.28. The van der Waals surface area contributed by atoms with Crippen LogP contribution in [-0.2, 0) is 16.1 Å². The smallest absolute Gasteiger partial charge is 0.259 e. The van der Waals surface area contributed by atoms with Crippen molar-refractivity contribution >= 4 is 17.7 Å². The summed E-state index contributed by atoms with van der Waals surface area (Å²) in [7, 11) is 1.58. The summed E-state index contributed by atoms with van der Waals surface area (Å²) in [6.45, 7) is 8.37. The number of carbonyl (C=O) groups excluding carboxylic acids is 3. The lowest BCUT2D eigenvalue weighted by Gasteiger charge is -2.26. The summed E-state index contributed by atoms with van der Waals surface area (Å²) in [4.78, 5) is 45.7. The first-order chi connectivity index (χ1) is 19.7. The van der Waals surface area contributed by atoms with E-state index in [9.17, 15) is 14.4 Å². The van der Waals surface area contributed by atoms with Crippen LogP contribution < -0.4 is 20.1 Å². The van der Waals surface area contributed by atoms with Gasteiger partial charge in [0.05, 0.1) is 26.0 Å². The number of hydrogen-bond donors (Lipinski definition) is 2. The number of nitrogens with one attached hydrogen (secondary N) is 2. The molecule has 41 heavy (non-hydrogen) atoms. The molecule has 12 heteroatoms. The van der Waals surface area contributed by atoms with Gasteiger partial charge in [-0.3, -0.25) is 14.4 Å². The van der Waals surface area contributed by atoms with Crippen molar-refractivity contribution in [3.8, 4) is 22.9 Å². The van der Waals surface area contributed by atoms with Gasteiger partial charge in [-0.25, -0.2) is 4.98 Å². The third kappa shape index (κ3) is 7.05. The molecule has 12 nitrogen and oxygen atoms in total. The fraction of sp³-hybridized carbons (Fsp3) is 0.483. The van der Waals surface area contributed by atoms with Crippen molar-refractivity contribution < 1.29 is 28.4 Å². The number of carbonyl (C=O) groups is 3. The van der Waals surface area contributed by atoms with Gasteiger partial charge in [-0.2, -0.15) is 0 Å². The maximum Gasteiger partial charge on any atom is 0.259 e. The van der Waals surface area contributed by atoms with Crippen LogP contribution >= 0.6 is 0 Å². The number of nitrogens with zero attached hydrogens (tertiary/aromatic N) is 4. The number of imidazole rings is 1. The van der Waals surface area contributed by atoms with Crippen LogP contribution in [-0.4, -0.2) is 76.7 Å². The quantitative estimate of drug-likeness (QED) is 0.493. The number of amides is 3. The van der Waals surface area contributed by atoms with E-state index in [1.807, 2.05) is 42.8 Å². The second kappa shape index (κ2) is 13.3. The molecule has 1 aromatic carbocycles. The van der Waals surface area contributed by atoms with Crippen molar-refractivity contribution in [3.63, 3.8) is 0 Å². The predicted molar refractivity (Wildman–Crippen MR) is 151 cm³/mol. The SMILES string of the molecule is COc1ccc2cc1OCCCN(C(=O)c1c(C)noc1C)CC(=O)N[C@H](C(C)C)C(=O)NCCCn1ccnc1-2. The van der Waals surface area contributed by atoms with Gasteiger partial charge in [0.25, 0.3) is 5.91 Å². The minimum Gasteiger partial charge on any atom is -0.493 e. The Morgan fingerprint density at radius 3 is 2.68 bits per heavy atom. The second-order valence-corrected chi connectivity index (χ2v) is 10.4. The summed E-state index contributed by atoms with van der Waals surface area (Å²) >= 11 is 0. The molecule has 0 radical (unpaired) electrons. The van der Waals surface area contributed by atoms with E-state index in [1.165, 1.54) is 4.90 Å². The molecule has 0 aliphatic carbocycles. The topological polar surface area (TPSA) is 141 Å². The zero-order valence-corrected chi connectivity index (χ0v) is 24.2. The number of fused-ring (bicyclic) bond motifs is 4. The number of hydrogen-bond acceptors (Lipinski definition) is 8. The summed E-state index contributed by atoms with van der Waals surface area (Å²) in [5.74, 6) is 1.02. The highest BCUT2D eigenvalue weighted by molar-refractivity contribution is 5.98. The van der Waals surface area contributed by atoms with Crippen molar-refractivity contribution in [2.75, 3.05) is 33.4 Å². The van der Waals surface area contributed by atoms with E-state index in [-0.39, 0.29) is 37.4 Å². The largest absolute Gasteiger partial charge is 0.493 e. The van der Waals surface area contributed by atoms with Gasteiger partial charge in [0.1, 0.15) is 23.2 Å². The predicted octanol–water partition coefficient (Wildman–Crippen LogP) is 2.74.